The van der Waals surface area contributed by atoms with Crippen molar-refractivity contribution < 1.29 is 28.6 Å². The number of aromatic carboxylic acids is 1. The first-order chi connectivity index (χ1) is 16.8. The van der Waals surface area contributed by atoms with Crippen molar-refractivity contribution in [3.63, 3.8) is 0 Å². The van der Waals surface area contributed by atoms with Crippen LogP contribution in [0.15, 0.2) is 70.7 Å². The lowest BCUT2D eigenvalue weighted by Crippen LogP contribution is -2.13. The molecular formula is C26H20BrFN2O5. The fraction of sp³-hybridized carbons (Fsp3) is 0.115. The molecule has 3 aromatic rings. The van der Waals surface area contributed by atoms with Crippen molar-refractivity contribution in [2.45, 2.75) is 13.5 Å². The molecule has 0 aliphatic heterocycles. The lowest BCUT2D eigenvalue weighted by atomic mass is 10.1. The summed E-state index contributed by atoms with van der Waals surface area (Å²) in [5.41, 5.74) is 1.11. The van der Waals surface area contributed by atoms with E-state index < -0.39 is 11.9 Å². The van der Waals surface area contributed by atoms with Gasteiger partial charge in [0.2, 0.25) is 0 Å². The Balaban J connectivity index is 1.83. The molecule has 0 aromatic heterocycles. The molecule has 3 aromatic carbocycles. The maximum absolute atomic E-state index is 13.9. The number of carbonyl (C=O) groups is 2. The van der Waals surface area contributed by atoms with Gasteiger partial charge in [0.05, 0.1) is 16.6 Å². The Morgan fingerprint density at radius 3 is 2.49 bits per heavy atom. The van der Waals surface area contributed by atoms with Crippen molar-refractivity contribution >= 4 is 39.6 Å². The molecule has 9 heteroatoms. The van der Waals surface area contributed by atoms with Crippen LogP contribution in [0.4, 0.5) is 10.1 Å². The number of nitriles is 1. The van der Waals surface area contributed by atoms with Crippen LogP contribution >= 0.6 is 15.9 Å². The van der Waals surface area contributed by atoms with Crippen LogP contribution in [0.5, 0.6) is 11.5 Å². The lowest BCUT2D eigenvalue weighted by Gasteiger charge is -2.15. The van der Waals surface area contributed by atoms with Crippen molar-refractivity contribution in [3.05, 3.63) is 93.2 Å². The molecule has 0 radical (unpaired) electrons. The van der Waals surface area contributed by atoms with E-state index in [1.165, 1.54) is 36.4 Å². The molecule has 0 saturated heterocycles. The van der Waals surface area contributed by atoms with Crippen molar-refractivity contribution in [1.29, 1.82) is 5.26 Å². The quantitative estimate of drug-likeness (QED) is 0.263. The minimum Gasteiger partial charge on any atom is -0.490 e. The molecule has 2 N–H and O–H groups in total. The average molecular weight is 539 g/mol. The summed E-state index contributed by atoms with van der Waals surface area (Å²) in [6, 6.07) is 16.9. The molecular weight excluding hydrogens is 519 g/mol. The third-order valence-electron chi connectivity index (χ3n) is 4.73. The minimum atomic E-state index is -1.09. The summed E-state index contributed by atoms with van der Waals surface area (Å²) in [6.45, 7) is 2.10. The molecule has 7 nitrogen and oxygen atoms in total. The normalized spacial score (nSPS) is 10.9. The van der Waals surface area contributed by atoms with E-state index in [2.05, 4.69) is 21.2 Å². The molecule has 0 aliphatic carbocycles. The number of carbonyl (C=O) groups excluding carboxylic acids is 1. The maximum atomic E-state index is 13.9. The third-order valence-corrected chi connectivity index (χ3v) is 5.32. The monoisotopic (exact) mass is 538 g/mol. The highest BCUT2D eigenvalue weighted by Gasteiger charge is 2.15. The molecule has 35 heavy (non-hydrogen) atoms. The van der Waals surface area contributed by atoms with Crippen LogP contribution < -0.4 is 14.8 Å². The van der Waals surface area contributed by atoms with Gasteiger partial charge in [0.1, 0.15) is 24.1 Å². The number of carboxylic acids is 1. The van der Waals surface area contributed by atoms with Gasteiger partial charge in [-0.25, -0.2) is 9.18 Å². The van der Waals surface area contributed by atoms with E-state index in [4.69, 9.17) is 14.6 Å². The van der Waals surface area contributed by atoms with E-state index in [1.807, 2.05) is 6.07 Å². The fourth-order valence-electron chi connectivity index (χ4n) is 3.05. The molecule has 178 valence electrons. The van der Waals surface area contributed by atoms with E-state index >= 15 is 0 Å². The number of nitrogens with one attached hydrogen (secondary N) is 1. The Morgan fingerprint density at radius 2 is 1.86 bits per heavy atom. The molecule has 0 bridgehead atoms. The Morgan fingerprint density at radius 1 is 1.14 bits per heavy atom. The van der Waals surface area contributed by atoms with Crippen molar-refractivity contribution in [1.82, 2.24) is 0 Å². The maximum Gasteiger partial charge on any atom is 0.335 e. The van der Waals surface area contributed by atoms with Crippen LogP contribution in [-0.4, -0.2) is 23.6 Å². The summed E-state index contributed by atoms with van der Waals surface area (Å²) >= 11 is 3.42. The Hall–Kier alpha value is -4.16. The zero-order chi connectivity index (χ0) is 25.4. The van der Waals surface area contributed by atoms with Gasteiger partial charge in [-0.05, 0) is 77.0 Å². The Bertz CT molecular complexity index is 1320. The summed E-state index contributed by atoms with van der Waals surface area (Å²) in [5.74, 6) is -1.43. The number of nitrogens with zero attached hydrogens (tertiary/aromatic N) is 1. The summed E-state index contributed by atoms with van der Waals surface area (Å²) in [6.07, 6.45) is 1.38. The highest BCUT2D eigenvalue weighted by Crippen LogP contribution is 2.38. The molecule has 0 aliphatic rings. The van der Waals surface area contributed by atoms with Crippen LogP contribution in [0.1, 0.15) is 28.4 Å². The first-order valence-corrected chi connectivity index (χ1v) is 11.2. The van der Waals surface area contributed by atoms with Gasteiger partial charge in [0, 0.05) is 11.3 Å². The van der Waals surface area contributed by atoms with Gasteiger partial charge >= 0.3 is 5.97 Å². The molecule has 0 atom stereocenters. The van der Waals surface area contributed by atoms with E-state index in [9.17, 15) is 19.2 Å². The topological polar surface area (TPSA) is 109 Å². The molecule has 1 amide bonds. The van der Waals surface area contributed by atoms with Crippen molar-refractivity contribution in [3.8, 4) is 17.6 Å². The minimum absolute atomic E-state index is 0.0208. The van der Waals surface area contributed by atoms with Gasteiger partial charge in [-0.15, -0.1) is 0 Å². The summed E-state index contributed by atoms with van der Waals surface area (Å²) in [4.78, 5) is 23.6. The third kappa shape index (κ3) is 6.68. The van der Waals surface area contributed by atoms with Crippen LogP contribution in [-0.2, 0) is 11.4 Å². The molecule has 3 rings (SSSR count). The first-order valence-electron chi connectivity index (χ1n) is 10.4. The van der Waals surface area contributed by atoms with Gasteiger partial charge < -0.3 is 19.9 Å². The van der Waals surface area contributed by atoms with Crippen LogP contribution in [0.2, 0.25) is 0 Å². The van der Waals surface area contributed by atoms with E-state index in [0.717, 1.165) is 0 Å². The number of benzene rings is 3. The van der Waals surface area contributed by atoms with E-state index in [0.29, 0.717) is 39.4 Å². The number of hydrogen-bond donors (Lipinski definition) is 2. The van der Waals surface area contributed by atoms with Crippen molar-refractivity contribution in [2.24, 2.45) is 0 Å². The van der Waals surface area contributed by atoms with Crippen LogP contribution in [0.25, 0.3) is 6.08 Å². The summed E-state index contributed by atoms with van der Waals surface area (Å²) in [7, 11) is 0. The molecule has 0 spiro atoms. The predicted octanol–water partition coefficient (Wildman–Crippen LogP) is 5.81. The Labute approximate surface area is 209 Å². The zero-order valence-corrected chi connectivity index (χ0v) is 20.1. The second-order valence-electron chi connectivity index (χ2n) is 7.15. The van der Waals surface area contributed by atoms with E-state index in [-0.39, 0.29) is 23.6 Å². The van der Waals surface area contributed by atoms with Crippen LogP contribution in [0.3, 0.4) is 0 Å². The summed E-state index contributed by atoms with van der Waals surface area (Å²) < 4.78 is 25.9. The first kappa shape index (κ1) is 25.5. The second-order valence-corrected chi connectivity index (χ2v) is 8.00. The molecule has 0 saturated carbocycles. The smallest absolute Gasteiger partial charge is 0.335 e. The molecule has 0 fully saturated rings. The summed E-state index contributed by atoms with van der Waals surface area (Å²) in [5, 5.41) is 21.1. The Kier molecular flexibility index (Phi) is 8.59. The molecule has 0 unspecified atom stereocenters. The zero-order valence-electron chi connectivity index (χ0n) is 18.5. The number of anilines is 1. The average Bonchev–Trinajstić information content (AvgIpc) is 2.83. The number of carboxylic acid groups (broad SMARTS) is 1. The van der Waals surface area contributed by atoms with Gasteiger partial charge in [-0.3, -0.25) is 4.79 Å². The number of ether oxygens (including phenoxy) is 2. The fourth-order valence-corrected chi connectivity index (χ4v) is 3.62. The highest BCUT2D eigenvalue weighted by molar-refractivity contribution is 9.10. The second kappa shape index (κ2) is 11.8. The molecule has 0 heterocycles. The number of amides is 1. The van der Waals surface area contributed by atoms with Gasteiger partial charge in [-0.2, -0.15) is 5.26 Å². The predicted molar refractivity (Wildman–Crippen MR) is 132 cm³/mol. The number of rotatable bonds is 9. The number of halogens is 2. The van der Waals surface area contributed by atoms with Crippen molar-refractivity contribution in [2.75, 3.05) is 11.9 Å². The number of hydrogen-bond acceptors (Lipinski definition) is 5. The lowest BCUT2D eigenvalue weighted by molar-refractivity contribution is -0.112. The standard InChI is InChI=1S/C26H20BrFN2O5/c1-2-34-23-13-16(12-21(27)24(23)35-15-18-5-3-4-6-22(18)28)11-19(14-29)25(31)30-20-9-7-17(8-10-20)26(32)33/h3-13H,2,15H2,1H3,(H,30,31)(H,32,33)/b19-11+. The van der Waals surface area contributed by atoms with Crippen LogP contribution in [0, 0.1) is 17.1 Å². The van der Waals surface area contributed by atoms with Gasteiger partial charge in [0.25, 0.3) is 5.91 Å². The largest absolute Gasteiger partial charge is 0.490 e. The van der Waals surface area contributed by atoms with Gasteiger partial charge in [0.15, 0.2) is 11.5 Å². The SMILES string of the molecule is CCOc1cc(/C=C(\C#N)C(=O)Nc2ccc(C(=O)O)cc2)cc(Br)c1OCc1ccccc1F. The van der Waals surface area contributed by atoms with Gasteiger partial charge in [-0.1, -0.05) is 18.2 Å². The highest BCUT2D eigenvalue weighted by atomic mass is 79.9. The van der Waals surface area contributed by atoms with E-state index in [1.54, 1.807) is 37.3 Å².